The number of rotatable bonds is 4. The van der Waals surface area contributed by atoms with Gasteiger partial charge in [-0.1, -0.05) is 0 Å². The summed E-state index contributed by atoms with van der Waals surface area (Å²) in [6, 6.07) is 7.37. The van der Waals surface area contributed by atoms with Crippen LogP contribution in [-0.2, 0) is 6.61 Å². The normalized spacial score (nSPS) is 10.4. The highest BCUT2D eigenvalue weighted by molar-refractivity contribution is 5.75. The van der Waals surface area contributed by atoms with E-state index < -0.39 is 0 Å². The first-order chi connectivity index (χ1) is 9.85. The van der Waals surface area contributed by atoms with Crippen molar-refractivity contribution < 1.29 is 9.47 Å². The van der Waals surface area contributed by atoms with E-state index in [4.69, 9.17) is 9.47 Å². The van der Waals surface area contributed by atoms with Crippen molar-refractivity contribution in [2.75, 3.05) is 7.11 Å². The number of hydrogen-bond acceptors (Lipinski definition) is 6. The van der Waals surface area contributed by atoms with Crippen molar-refractivity contribution in [1.29, 1.82) is 0 Å². The van der Waals surface area contributed by atoms with Crippen LogP contribution in [0.5, 0.6) is 11.6 Å². The van der Waals surface area contributed by atoms with E-state index in [1.165, 1.54) is 0 Å². The van der Waals surface area contributed by atoms with E-state index in [2.05, 4.69) is 19.9 Å². The molecule has 0 atom stereocenters. The minimum atomic E-state index is 0.255. The number of methoxy groups -OCH3 is 1. The third kappa shape index (κ3) is 2.64. The van der Waals surface area contributed by atoms with Gasteiger partial charge in [-0.2, -0.15) is 4.98 Å². The maximum absolute atomic E-state index is 5.63. The van der Waals surface area contributed by atoms with E-state index in [0.29, 0.717) is 23.1 Å². The fraction of sp³-hybridized carbons (Fsp3) is 0.143. The number of nitrogens with zero attached hydrogens (tertiary/aromatic N) is 4. The summed E-state index contributed by atoms with van der Waals surface area (Å²) in [4.78, 5) is 16.7. The molecule has 0 aliphatic heterocycles. The summed E-state index contributed by atoms with van der Waals surface area (Å²) >= 11 is 0. The van der Waals surface area contributed by atoms with Gasteiger partial charge >= 0.3 is 0 Å². The number of pyridine rings is 2. The lowest BCUT2D eigenvalue weighted by molar-refractivity contribution is 0.291. The first-order valence-corrected chi connectivity index (χ1v) is 6.04. The quantitative estimate of drug-likeness (QED) is 0.721. The number of ether oxygens (including phenoxy) is 2. The summed E-state index contributed by atoms with van der Waals surface area (Å²) in [6.07, 6.45) is 4.97. The molecule has 0 aliphatic rings. The minimum Gasteiger partial charge on any atom is -0.484 e. The highest BCUT2D eigenvalue weighted by atomic mass is 16.5. The van der Waals surface area contributed by atoms with Crippen LogP contribution in [0.1, 0.15) is 5.82 Å². The Morgan fingerprint density at radius 3 is 2.95 bits per heavy atom. The molecule has 0 aromatic carbocycles. The molecule has 0 amide bonds. The maximum Gasteiger partial charge on any atom is 0.216 e. The summed E-state index contributed by atoms with van der Waals surface area (Å²) in [6.45, 7) is 0.255. The smallest absolute Gasteiger partial charge is 0.216 e. The van der Waals surface area contributed by atoms with Gasteiger partial charge < -0.3 is 9.47 Å². The highest BCUT2D eigenvalue weighted by Crippen LogP contribution is 2.17. The molecule has 0 unspecified atom stereocenters. The molecule has 3 aromatic heterocycles. The average molecular weight is 268 g/mol. The molecule has 6 nitrogen and oxygen atoms in total. The van der Waals surface area contributed by atoms with Crippen molar-refractivity contribution >= 4 is 11.0 Å². The van der Waals surface area contributed by atoms with Gasteiger partial charge in [0.15, 0.2) is 11.5 Å². The second-order valence-corrected chi connectivity index (χ2v) is 4.03. The van der Waals surface area contributed by atoms with Crippen molar-refractivity contribution in [3.05, 3.63) is 48.7 Å². The molecule has 0 spiro atoms. The predicted molar refractivity (Wildman–Crippen MR) is 72.5 cm³/mol. The van der Waals surface area contributed by atoms with Gasteiger partial charge in [0.05, 0.1) is 13.3 Å². The van der Waals surface area contributed by atoms with Crippen LogP contribution in [-0.4, -0.2) is 27.0 Å². The molecule has 100 valence electrons. The standard InChI is InChI=1S/C14H12N4O2/c1-19-13-4-6-15-12(18-13)9-20-11-7-10-3-2-5-16-14(10)17-8-11/h2-8H,9H2,1H3. The minimum absolute atomic E-state index is 0.255. The molecule has 0 N–H and O–H groups in total. The van der Waals surface area contributed by atoms with Crippen LogP contribution >= 0.6 is 0 Å². The second-order valence-electron chi connectivity index (χ2n) is 4.03. The maximum atomic E-state index is 5.63. The monoisotopic (exact) mass is 268 g/mol. The zero-order valence-electron chi connectivity index (χ0n) is 10.9. The van der Waals surface area contributed by atoms with Crippen LogP contribution in [0.25, 0.3) is 11.0 Å². The third-order valence-corrected chi connectivity index (χ3v) is 2.69. The Kier molecular flexibility index (Phi) is 3.36. The zero-order valence-corrected chi connectivity index (χ0v) is 10.9. The number of hydrogen-bond donors (Lipinski definition) is 0. The lowest BCUT2D eigenvalue weighted by Gasteiger charge is -2.06. The van der Waals surface area contributed by atoms with Gasteiger partial charge in [0, 0.05) is 23.8 Å². The first kappa shape index (κ1) is 12.3. The van der Waals surface area contributed by atoms with Crippen LogP contribution in [0.15, 0.2) is 42.9 Å². The molecular formula is C14H12N4O2. The summed E-state index contributed by atoms with van der Waals surface area (Å²) in [5, 5.41) is 0.927. The summed E-state index contributed by atoms with van der Waals surface area (Å²) < 4.78 is 10.7. The van der Waals surface area contributed by atoms with Crippen LogP contribution < -0.4 is 9.47 Å². The molecule has 3 rings (SSSR count). The van der Waals surface area contributed by atoms with Crippen molar-refractivity contribution in [2.45, 2.75) is 6.61 Å². The third-order valence-electron chi connectivity index (χ3n) is 2.69. The molecular weight excluding hydrogens is 256 g/mol. The lowest BCUT2D eigenvalue weighted by Crippen LogP contribution is -2.02. The molecule has 0 aliphatic carbocycles. The first-order valence-electron chi connectivity index (χ1n) is 6.04. The van der Waals surface area contributed by atoms with Crippen LogP contribution in [0, 0.1) is 0 Å². The van der Waals surface area contributed by atoms with E-state index in [1.54, 1.807) is 31.8 Å². The zero-order chi connectivity index (χ0) is 13.8. The number of aromatic nitrogens is 4. The molecule has 0 saturated carbocycles. The van der Waals surface area contributed by atoms with Gasteiger partial charge in [-0.15, -0.1) is 0 Å². The molecule has 0 bridgehead atoms. The largest absolute Gasteiger partial charge is 0.484 e. The lowest BCUT2D eigenvalue weighted by atomic mass is 10.3. The van der Waals surface area contributed by atoms with E-state index >= 15 is 0 Å². The Morgan fingerprint density at radius 2 is 2.05 bits per heavy atom. The molecule has 20 heavy (non-hydrogen) atoms. The van der Waals surface area contributed by atoms with Gasteiger partial charge in [-0.25, -0.2) is 15.0 Å². The van der Waals surface area contributed by atoms with E-state index in [-0.39, 0.29) is 6.61 Å². The van der Waals surface area contributed by atoms with Crippen molar-refractivity contribution in [3.8, 4) is 11.6 Å². The fourth-order valence-corrected chi connectivity index (χ4v) is 1.74. The van der Waals surface area contributed by atoms with Crippen molar-refractivity contribution in [1.82, 2.24) is 19.9 Å². The van der Waals surface area contributed by atoms with E-state index in [0.717, 1.165) is 5.39 Å². The molecule has 3 heterocycles. The average Bonchev–Trinajstić information content (AvgIpc) is 2.53. The molecule has 0 fully saturated rings. The van der Waals surface area contributed by atoms with Gasteiger partial charge in [0.1, 0.15) is 12.4 Å². The molecule has 3 aromatic rings. The Hall–Kier alpha value is -2.76. The highest BCUT2D eigenvalue weighted by Gasteiger charge is 2.03. The summed E-state index contributed by atoms with van der Waals surface area (Å²) in [5.41, 5.74) is 0.692. The summed E-state index contributed by atoms with van der Waals surface area (Å²) in [7, 11) is 1.56. The van der Waals surface area contributed by atoms with Gasteiger partial charge in [0.25, 0.3) is 0 Å². The Balaban J connectivity index is 1.76. The van der Waals surface area contributed by atoms with Crippen LogP contribution in [0.4, 0.5) is 0 Å². The van der Waals surface area contributed by atoms with E-state index in [1.807, 2.05) is 18.2 Å². The molecule has 6 heteroatoms. The number of fused-ring (bicyclic) bond motifs is 1. The van der Waals surface area contributed by atoms with Crippen LogP contribution in [0.3, 0.4) is 0 Å². The SMILES string of the molecule is COc1ccnc(COc2cnc3ncccc3c2)n1. The topological polar surface area (TPSA) is 70.0 Å². The predicted octanol–water partition coefficient (Wildman–Crippen LogP) is 2.01. The van der Waals surface area contributed by atoms with Gasteiger partial charge in [0.2, 0.25) is 5.88 Å². The van der Waals surface area contributed by atoms with E-state index in [9.17, 15) is 0 Å². The fourth-order valence-electron chi connectivity index (χ4n) is 1.74. The van der Waals surface area contributed by atoms with Crippen molar-refractivity contribution in [3.63, 3.8) is 0 Å². The Labute approximate surface area is 115 Å². The van der Waals surface area contributed by atoms with Gasteiger partial charge in [-0.05, 0) is 18.2 Å². The van der Waals surface area contributed by atoms with Crippen LogP contribution in [0.2, 0.25) is 0 Å². The molecule has 0 saturated heterocycles. The Morgan fingerprint density at radius 1 is 1.10 bits per heavy atom. The molecule has 0 radical (unpaired) electrons. The Bertz CT molecular complexity index is 733. The second kappa shape index (κ2) is 5.48. The summed E-state index contributed by atoms with van der Waals surface area (Å²) in [5.74, 6) is 1.71. The van der Waals surface area contributed by atoms with Crippen molar-refractivity contribution in [2.24, 2.45) is 0 Å². The van der Waals surface area contributed by atoms with Gasteiger partial charge in [-0.3, -0.25) is 0 Å².